The predicted molar refractivity (Wildman–Crippen MR) is 62.4 cm³/mol. The summed E-state index contributed by atoms with van der Waals surface area (Å²) in [6, 6.07) is 0. The Morgan fingerprint density at radius 3 is 2.21 bits per heavy atom. The van der Waals surface area contributed by atoms with Crippen molar-refractivity contribution in [1.29, 1.82) is 0 Å². The van der Waals surface area contributed by atoms with Crippen molar-refractivity contribution >= 4 is 8.32 Å². The molecule has 2 aliphatic carbocycles. The van der Waals surface area contributed by atoms with Crippen molar-refractivity contribution in [3.63, 3.8) is 0 Å². The van der Waals surface area contributed by atoms with Gasteiger partial charge in [0.1, 0.15) is 0 Å². The zero-order chi connectivity index (χ0) is 10.6. The van der Waals surface area contributed by atoms with Gasteiger partial charge in [-0.25, -0.2) is 0 Å². The largest absolute Gasteiger partial charge is 0.547 e. The first-order valence-corrected chi connectivity index (χ1v) is 8.80. The number of allylic oxidation sites excluding steroid dienone is 3. The van der Waals surface area contributed by atoms with E-state index < -0.39 is 8.32 Å². The second-order valence-corrected chi connectivity index (χ2v) is 10.4. The summed E-state index contributed by atoms with van der Waals surface area (Å²) in [7, 11) is -1.42. The lowest BCUT2D eigenvalue weighted by Gasteiger charge is -2.28. The van der Waals surface area contributed by atoms with Gasteiger partial charge in [0.05, 0.1) is 5.76 Å². The van der Waals surface area contributed by atoms with Gasteiger partial charge in [-0.1, -0.05) is 26.0 Å². The van der Waals surface area contributed by atoms with Crippen LogP contribution >= 0.6 is 0 Å². The van der Waals surface area contributed by atoms with Crippen molar-refractivity contribution in [1.82, 2.24) is 0 Å². The minimum Gasteiger partial charge on any atom is -0.547 e. The third-order valence-corrected chi connectivity index (χ3v) is 4.09. The zero-order valence-corrected chi connectivity index (χ0v) is 10.8. The molecule has 2 aliphatic rings. The minimum atomic E-state index is -1.42. The van der Waals surface area contributed by atoms with E-state index in [1.54, 1.807) is 0 Å². The van der Waals surface area contributed by atoms with Gasteiger partial charge in [0.15, 0.2) is 0 Å². The Morgan fingerprint density at radius 2 is 1.86 bits per heavy atom. The van der Waals surface area contributed by atoms with Crippen LogP contribution in [0.3, 0.4) is 0 Å². The molecular formula is C12H20OSi. The fourth-order valence-electron chi connectivity index (χ4n) is 2.40. The molecule has 0 amide bonds. The van der Waals surface area contributed by atoms with E-state index in [9.17, 15) is 0 Å². The van der Waals surface area contributed by atoms with Gasteiger partial charge in [-0.2, -0.15) is 0 Å². The van der Waals surface area contributed by atoms with Gasteiger partial charge in [0.25, 0.3) is 0 Å². The molecule has 0 saturated carbocycles. The van der Waals surface area contributed by atoms with Crippen LogP contribution in [-0.4, -0.2) is 8.32 Å². The van der Waals surface area contributed by atoms with E-state index >= 15 is 0 Å². The minimum absolute atomic E-state index is 0.356. The molecule has 0 heterocycles. The Kier molecular flexibility index (Phi) is 1.97. The number of hydrogen-bond donors (Lipinski definition) is 0. The maximum absolute atomic E-state index is 6.12. The summed E-state index contributed by atoms with van der Waals surface area (Å²) in [5.41, 5.74) is 0.356. The standard InChI is InChI=1S/C12H20OSi/c1-12(2)9-6-7-10(12)11(8-9)13-14(3,4)5/h6-10H,1-5H3. The summed E-state index contributed by atoms with van der Waals surface area (Å²) in [4.78, 5) is 0. The summed E-state index contributed by atoms with van der Waals surface area (Å²) >= 11 is 0. The van der Waals surface area contributed by atoms with E-state index in [1.165, 1.54) is 5.76 Å². The molecule has 0 aromatic heterocycles. The molecule has 0 radical (unpaired) electrons. The fourth-order valence-corrected chi connectivity index (χ4v) is 3.30. The molecule has 0 aromatic rings. The van der Waals surface area contributed by atoms with E-state index in [0.717, 1.165) is 0 Å². The molecule has 0 fully saturated rings. The topological polar surface area (TPSA) is 9.23 Å². The molecular weight excluding hydrogens is 188 g/mol. The van der Waals surface area contributed by atoms with E-state index in [-0.39, 0.29) is 0 Å². The van der Waals surface area contributed by atoms with Crippen LogP contribution in [0.25, 0.3) is 0 Å². The second-order valence-electron chi connectivity index (χ2n) is 5.99. The highest BCUT2D eigenvalue weighted by atomic mass is 28.4. The Bertz CT molecular complexity index is 307. The first-order chi connectivity index (χ1) is 6.31. The first-order valence-electron chi connectivity index (χ1n) is 5.40. The van der Waals surface area contributed by atoms with Gasteiger partial charge in [-0.3, -0.25) is 0 Å². The van der Waals surface area contributed by atoms with E-state index in [0.29, 0.717) is 17.3 Å². The summed E-state index contributed by atoms with van der Waals surface area (Å²) in [5, 5.41) is 0. The van der Waals surface area contributed by atoms with Crippen LogP contribution in [0, 0.1) is 17.3 Å². The average Bonchev–Trinajstić information content (AvgIpc) is 2.36. The van der Waals surface area contributed by atoms with Gasteiger partial charge in [-0.05, 0) is 31.1 Å². The van der Waals surface area contributed by atoms with Crippen LogP contribution < -0.4 is 0 Å². The van der Waals surface area contributed by atoms with Crippen LogP contribution in [-0.2, 0) is 4.43 Å². The summed E-state index contributed by atoms with van der Waals surface area (Å²) in [5.74, 6) is 2.36. The molecule has 0 aliphatic heterocycles. The van der Waals surface area contributed by atoms with Gasteiger partial charge in [-0.15, -0.1) is 0 Å². The Balaban J connectivity index is 2.16. The van der Waals surface area contributed by atoms with Crippen molar-refractivity contribution in [3.8, 4) is 0 Å². The third kappa shape index (κ3) is 1.46. The molecule has 2 atom stereocenters. The van der Waals surface area contributed by atoms with Crippen molar-refractivity contribution in [2.45, 2.75) is 33.5 Å². The second kappa shape index (κ2) is 2.75. The van der Waals surface area contributed by atoms with Crippen LogP contribution in [0.2, 0.25) is 19.6 Å². The number of rotatable bonds is 2. The summed E-state index contributed by atoms with van der Waals surface area (Å²) in [6.45, 7) is 11.4. The Labute approximate surface area is 88.0 Å². The normalized spacial score (nSPS) is 33.4. The summed E-state index contributed by atoms with van der Waals surface area (Å²) < 4.78 is 6.12. The van der Waals surface area contributed by atoms with Gasteiger partial charge in [0, 0.05) is 11.8 Å². The van der Waals surface area contributed by atoms with E-state index in [4.69, 9.17) is 4.43 Å². The van der Waals surface area contributed by atoms with Crippen molar-refractivity contribution in [2.75, 3.05) is 0 Å². The highest BCUT2D eigenvalue weighted by molar-refractivity contribution is 6.70. The zero-order valence-electron chi connectivity index (χ0n) is 9.79. The molecule has 2 rings (SSSR count). The molecule has 0 saturated heterocycles. The van der Waals surface area contributed by atoms with Crippen LogP contribution in [0.1, 0.15) is 13.8 Å². The molecule has 0 N–H and O–H groups in total. The lowest BCUT2D eigenvalue weighted by Crippen LogP contribution is -2.28. The smallest absolute Gasteiger partial charge is 0.241 e. The fraction of sp³-hybridized carbons (Fsp3) is 0.667. The van der Waals surface area contributed by atoms with E-state index in [2.05, 4.69) is 51.7 Å². The first kappa shape index (κ1) is 10.0. The van der Waals surface area contributed by atoms with Gasteiger partial charge in [0.2, 0.25) is 8.32 Å². The third-order valence-electron chi connectivity index (χ3n) is 3.25. The predicted octanol–water partition coefficient (Wildman–Crippen LogP) is 3.56. The SMILES string of the molecule is CC1(C)C2C=CC1C(O[Si](C)(C)C)=C2. The number of hydrogen-bond acceptors (Lipinski definition) is 1. The van der Waals surface area contributed by atoms with E-state index in [1.807, 2.05) is 0 Å². The lowest BCUT2D eigenvalue weighted by atomic mass is 9.80. The van der Waals surface area contributed by atoms with Crippen molar-refractivity contribution < 1.29 is 4.43 Å². The maximum Gasteiger partial charge on any atom is 0.241 e. The van der Waals surface area contributed by atoms with Crippen LogP contribution in [0.4, 0.5) is 0 Å². The molecule has 2 unspecified atom stereocenters. The number of fused-ring (bicyclic) bond motifs is 2. The van der Waals surface area contributed by atoms with Crippen molar-refractivity contribution in [2.24, 2.45) is 17.3 Å². The molecule has 78 valence electrons. The Hall–Kier alpha value is -0.503. The summed E-state index contributed by atoms with van der Waals surface area (Å²) in [6.07, 6.45) is 6.96. The van der Waals surface area contributed by atoms with Crippen LogP contribution in [0.5, 0.6) is 0 Å². The monoisotopic (exact) mass is 208 g/mol. The Morgan fingerprint density at radius 1 is 1.21 bits per heavy atom. The van der Waals surface area contributed by atoms with Gasteiger partial charge >= 0.3 is 0 Å². The van der Waals surface area contributed by atoms with Crippen molar-refractivity contribution in [3.05, 3.63) is 24.0 Å². The van der Waals surface area contributed by atoms with Gasteiger partial charge < -0.3 is 4.43 Å². The molecule has 1 nitrogen and oxygen atoms in total. The lowest BCUT2D eigenvalue weighted by molar-refractivity contribution is 0.250. The molecule has 0 aromatic carbocycles. The molecule has 2 bridgehead atoms. The molecule has 14 heavy (non-hydrogen) atoms. The quantitative estimate of drug-likeness (QED) is 0.498. The highest BCUT2D eigenvalue weighted by Gasteiger charge is 2.46. The molecule has 0 spiro atoms. The van der Waals surface area contributed by atoms with Crippen LogP contribution in [0.15, 0.2) is 24.0 Å². The maximum atomic E-state index is 6.12. The molecule has 2 heteroatoms. The highest BCUT2D eigenvalue weighted by Crippen LogP contribution is 2.53. The average molecular weight is 208 g/mol.